The Balaban J connectivity index is 2.01. The maximum absolute atomic E-state index is 5.69. The van der Waals surface area contributed by atoms with Crippen LogP contribution in [0.2, 0.25) is 0 Å². The summed E-state index contributed by atoms with van der Waals surface area (Å²) in [5.41, 5.74) is 1.15. The molecule has 3 heteroatoms. The van der Waals surface area contributed by atoms with Crippen LogP contribution in [0.25, 0.3) is 6.08 Å². The average Bonchev–Trinajstić information content (AvgIpc) is 2.67. The van der Waals surface area contributed by atoms with Crippen molar-refractivity contribution in [2.75, 3.05) is 19.8 Å². The summed E-state index contributed by atoms with van der Waals surface area (Å²) in [5.74, 6) is 1.71. The van der Waals surface area contributed by atoms with Gasteiger partial charge < -0.3 is 14.8 Å². The van der Waals surface area contributed by atoms with Crippen LogP contribution in [0.1, 0.15) is 32.3 Å². The van der Waals surface area contributed by atoms with Crippen molar-refractivity contribution >= 4 is 6.08 Å². The molecule has 1 heterocycles. The van der Waals surface area contributed by atoms with E-state index in [1.807, 2.05) is 12.1 Å². The third-order valence-corrected chi connectivity index (χ3v) is 3.07. The van der Waals surface area contributed by atoms with E-state index in [0.29, 0.717) is 6.04 Å². The van der Waals surface area contributed by atoms with Crippen molar-refractivity contribution in [1.29, 1.82) is 0 Å². The number of fused-ring (bicyclic) bond motifs is 1. The van der Waals surface area contributed by atoms with Gasteiger partial charge in [0.15, 0.2) is 11.5 Å². The molecule has 1 aliphatic heterocycles. The van der Waals surface area contributed by atoms with Crippen LogP contribution in [-0.2, 0) is 0 Å². The lowest BCUT2D eigenvalue weighted by molar-refractivity contribution is 0.297. The minimum absolute atomic E-state index is 0.385. The summed E-state index contributed by atoms with van der Waals surface area (Å²) in [4.78, 5) is 0. The summed E-state index contributed by atoms with van der Waals surface area (Å²) in [6, 6.07) is 6.49. The first kappa shape index (κ1) is 13.9. The van der Waals surface area contributed by atoms with Gasteiger partial charge in [0.25, 0.3) is 0 Å². The predicted molar refractivity (Wildman–Crippen MR) is 78.8 cm³/mol. The van der Waals surface area contributed by atoms with E-state index in [2.05, 4.69) is 37.4 Å². The molecule has 0 aromatic heterocycles. The predicted octanol–water partition coefficient (Wildman–Crippen LogP) is 3.25. The molecule has 104 valence electrons. The maximum atomic E-state index is 5.69. The minimum atomic E-state index is 0.385. The van der Waals surface area contributed by atoms with E-state index in [9.17, 15) is 0 Å². The number of nitrogens with one attached hydrogen (secondary N) is 1. The lowest BCUT2D eigenvalue weighted by Gasteiger charge is -2.09. The van der Waals surface area contributed by atoms with Crippen molar-refractivity contribution in [1.82, 2.24) is 5.32 Å². The summed E-state index contributed by atoms with van der Waals surface area (Å²) < 4.78 is 11.3. The van der Waals surface area contributed by atoms with Crippen LogP contribution < -0.4 is 14.8 Å². The molecule has 2 rings (SSSR count). The average molecular weight is 261 g/mol. The van der Waals surface area contributed by atoms with Crippen LogP contribution in [0, 0.1) is 0 Å². The fourth-order valence-electron chi connectivity index (χ4n) is 1.98. The number of hydrogen-bond donors (Lipinski definition) is 1. The topological polar surface area (TPSA) is 30.5 Å². The molecule has 1 aliphatic rings. The zero-order chi connectivity index (χ0) is 13.5. The van der Waals surface area contributed by atoms with Crippen LogP contribution in [0.3, 0.4) is 0 Å². The van der Waals surface area contributed by atoms with Gasteiger partial charge in [0.05, 0.1) is 13.2 Å². The Morgan fingerprint density at radius 1 is 1.26 bits per heavy atom. The summed E-state index contributed by atoms with van der Waals surface area (Å²) in [6.07, 6.45) is 6.40. The molecule has 0 fully saturated rings. The van der Waals surface area contributed by atoms with E-state index in [-0.39, 0.29) is 0 Å². The van der Waals surface area contributed by atoms with Crippen molar-refractivity contribution in [3.63, 3.8) is 0 Å². The monoisotopic (exact) mass is 261 g/mol. The summed E-state index contributed by atoms with van der Waals surface area (Å²) in [5, 5.41) is 3.43. The molecule has 1 atom stereocenters. The SMILES string of the molecule is CCCNC(C)/C=C/c1ccc2c(c1)OCCCO2. The highest BCUT2D eigenvalue weighted by Gasteiger charge is 2.09. The zero-order valence-electron chi connectivity index (χ0n) is 11.8. The van der Waals surface area contributed by atoms with Gasteiger partial charge >= 0.3 is 0 Å². The fourth-order valence-corrected chi connectivity index (χ4v) is 1.98. The molecule has 0 radical (unpaired) electrons. The van der Waals surface area contributed by atoms with Crippen LogP contribution in [0.5, 0.6) is 11.5 Å². The Bertz CT molecular complexity index is 429. The van der Waals surface area contributed by atoms with Crippen molar-refractivity contribution < 1.29 is 9.47 Å². The van der Waals surface area contributed by atoms with E-state index < -0.39 is 0 Å². The number of ether oxygens (including phenoxy) is 2. The van der Waals surface area contributed by atoms with Gasteiger partial charge in [0, 0.05) is 12.5 Å². The Labute approximate surface area is 115 Å². The van der Waals surface area contributed by atoms with Gasteiger partial charge in [-0.15, -0.1) is 0 Å². The molecule has 0 spiro atoms. The van der Waals surface area contributed by atoms with E-state index in [0.717, 1.165) is 49.7 Å². The van der Waals surface area contributed by atoms with Gasteiger partial charge in [-0.25, -0.2) is 0 Å². The highest BCUT2D eigenvalue weighted by molar-refractivity contribution is 5.56. The number of rotatable bonds is 5. The first-order chi connectivity index (χ1) is 9.29. The molecule has 3 nitrogen and oxygen atoms in total. The molecule has 19 heavy (non-hydrogen) atoms. The molecule has 0 amide bonds. The summed E-state index contributed by atoms with van der Waals surface area (Å²) >= 11 is 0. The van der Waals surface area contributed by atoms with Crippen molar-refractivity contribution in [3.8, 4) is 11.5 Å². The Morgan fingerprint density at radius 3 is 2.84 bits per heavy atom. The molecule has 0 bridgehead atoms. The number of hydrogen-bond acceptors (Lipinski definition) is 3. The second-order valence-corrected chi connectivity index (χ2v) is 4.86. The summed E-state index contributed by atoms with van der Waals surface area (Å²) in [6.45, 7) is 6.85. The van der Waals surface area contributed by atoms with Gasteiger partial charge in [0.1, 0.15) is 0 Å². The summed E-state index contributed by atoms with van der Waals surface area (Å²) in [7, 11) is 0. The Kier molecular flexibility index (Phi) is 5.28. The van der Waals surface area contributed by atoms with Crippen LogP contribution in [-0.4, -0.2) is 25.8 Å². The van der Waals surface area contributed by atoms with E-state index in [1.54, 1.807) is 0 Å². The molecule has 0 saturated carbocycles. The van der Waals surface area contributed by atoms with Crippen molar-refractivity contribution in [3.05, 3.63) is 29.8 Å². The van der Waals surface area contributed by atoms with E-state index in [4.69, 9.17) is 9.47 Å². The van der Waals surface area contributed by atoms with Gasteiger partial charge in [-0.05, 0) is 37.6 Å². The standard InChI is InChI=1S/C16H23NO2/c1-3-9-17-13(2)5-6-14-7-8-15-16(12-14)19-11-4-10-18-15/h5-8,12-13,17H,3-4,9-11H2,1-2H3/b6-5+. The van der Waals surface area contributed by atoms with Gasteiger partial charge in [-0.1, -0.05) is 25.1 Å². The molecule has 1 aromatic carbocycles. The largest absolute Gasteiger partial charge is 0.490 e. The number of benzene rings is 1. The molecular formula is C16H23NO2. The normalized spacial score (nSPS) is 16.3. The molecule has 0 saturated heterocycles. The van der Waals surface area contributed by atoms with E-state index in [1.165, 1.54) is 0 Å². The fraction of sp³-hybridized carbons (Fsp3) is 0.500. The first-order valence-electron chi connectivity index (χ1n) is 7.11. The minimum Gasteiger partial charge on any atom is -0.490 e. The Morgan fingerprint density at radius 2 is 2.05 bits per heavy atom. The van der Waals surface area contributed by atoms with E-state index >= 15 is 0 Å². The van der Waals surface area contributed by atoms with Crippen LogP contribution in [0.15, 0.2) is 24.3 Å². The molecule has 1 N–H and O–H groups in total. The van der Waals surface area contributed by atoms with Gasteiger partial charge in [-0.3, -0.25) is 0 Å². The van der Waals surface area contributed by atoms with Gasteiger partial charge in [0.2, 0.25) is 0 Å². The molecular weight excluding hydrogens is 238 g/mol. The molecule has 1 aromatic rings. The second-order valence-electron chi connectivity index (χ2n) is 4.86. The van der Waals surface area contributed by atoms with Crippen LogP contribution in [0.4, 0.5) is 0 Å². The highest BCUT2D eigenvalue weighted by Crippen LogP contribution is 2.30. The first-order valence-corrected chi connectivity index (χ1v) is 7.11. The molecule has 0 aliphatic carbocycles. The second kappa shape index (κ2) is 7.19. The van der Waals surface area contributed by atoms with Gasteiger partial charge in [-0.2, -0.15) is 0 Å². The van der Waals surface area contributed by atoms with Crippen LogP contribution >= 0.6 is 0 Å². The lowest BCUT2D eigenvalue weighted by Crippen LogP contribution is -2.24. The third kappa shape index (κ3) is 4.28. The maximum Gasteiger partial charge on any atom is 0.161 e. The van der Waals surface area contributed by atoms with Crippen molar-refractivity contribution in [2.24, 2.45) is 0 Å². The Hall–Kier alpha value is -1.48. The third-order valence-electron chi connectivity index (χ3n) is 3.07. The lowest BCUT2D eigenvalue weighted by atomic mass is 10.1. The highest BCUT2D eigenvalue weighted by atomic mass is 16.5. The van der Waals surface area contributed by atoms with Crippen molar-refractivity contribution in [2.45, 2.75) is 32.7 Å². The zero-order valence-corrected chi connectivity index (χ0v) is 11.8. The smallest absolute Gasteiger partial charge is 0.161 e. The molecule has 1 unspecified atom stereocenters. The quantitative estimate of drug-likeness (QED) is 0.882.